The van der Waals surface area contributed by atoms with Crippen molar-refractivity contribution in [2.45, 2.75) is 52.0 Å². The van der Waals surface area contributed by atoms with Crippen LogP contribution in [0.25, 0.3) is 0 Å². The van der Waals surface area contributed by atoms with Crippen molar-refractivity contribution in [3.8, 4) is 0 Å². The maximum absolute atomic E-state index is 12.4. The lowest BCUT2D eigenvalue weighted by atomic mass is 9.76. The summed E-state index contributed by atoms with van der Waals surface area (Å²) in [5.74, 6) is -0.472. The first-order valence-corrected chi connectivity index (χ1v) is 7.76. The van der Waals surface area contributed by atoms with E-state index in [0.717, 1.165) is 25.9 Å². The summed E-state index contributed by atoms with van der Waals surface area (Å²) in [4.78, 5) is 27.9. The van der Waals surface area contributed by atoms with E-state index in [0.29, 0.717) is 32.4 Å². The molecule has 20 heavy (non-hydrogen) atoms. The molecular weight excluding hydrogens is 256 g/mol. The van der Waals surface area contributed by atoms with Gasteiger partial charge in [-0.05, 0) is 39.0 Å². The van der Waals surface area contributed by atoms with Crippen LogP contribution >= 0.6 is 0 Å². The van der Waals surface area contributed by atoms with Gasteiger partial charge in [-0.1, -0.05) is 6.92 Å². The Bertz CT molecular complexity index is 369. The molecule has 0 aromatic heterocycles. The summed E-state index contributed by atoms with van der Waals surface area (Å²) < 4.78 is 0. The smallest absolute Gasteiger partial charge is 0.309 e. The van der Waals surface area contributed by atoms with E-state index in [2.05, 4.69) is 4.90 Å². The molecule has 2 aliphatic heterocycles. The molecule has 2 aliphatic rings. The SMILES string of the molecule is CCC1(C(=O)O)CCN(C(C)C(=O)N2CCCC2)CC1. The number of carboxylic acid groups (broad SMARTS) is 1. The molecule has 114 valence electrons. The van der Waals surface area contributed by atoms with E-state index in [1.165, 1.54) is 0 Å². The van der Waals surface area contributed by atoms with Crippen LogP contribution in [0.4, 0.5) is 0 Å². The fourth-order valence-corrected chi connectivity index (χ4v) is 3.42. The Morgan fingerprint density at radius 2 is 1.70 bits per heavy atom. The number of hydrogen-bond donors (Lipinski definition) is 1. The summed E-state index contributed by atoms with van der Waals surface area (Å²) in [6.07, 6.45) is 4.18. The predicted molar refractivity (Wildman–Crippen MR) is 76.4 cm³/mol. The second kappa shape index (κ2) is 6.12. The van der Waals surface area contributed by atoms with Crippen molar-refractivity contribution in [1.82, 2.24) is 9.80 Å². The van der Waals surface area contributed by atoms with Gasteiger partial charge < -0.3 is 10.0 Å². The molecule has 2 saturated heterocycles. The fraction of sp³-hybridized carbons (Fsp3) is 0.867. The number of carbonyl (C=O) groups excluding carboxylic acids is 1. The third-order valence-corrected chi connectivity index (χ3v) is 5.21. The molecule has 2 fully saturated rings. The largest absolute Gasteiger partial charge is 0.481 e. The van der Waals surface area contributed by atoms with Gasteiger partial charge in [-0.2, -0.15) is 0 Å². The molecule has 5 nitrogen and oxygen atoms in total. The zero-order chi connectivity index (χ0) is 14.8. The van der Waals surface area contributed by atoms with Crippen molar-refractivity contribution in [2.75, 3.05) is 26.2 Å². The minimum atomic E-state index is -0.682. The van der Waals surface area contributed by atoms with Gasteiger partial charge in [0.2, 0.25) is 5.91 Å². The van der Waals surface area contributed by atoms with Crippen molar-refractivity contribution in [1.29, 1.82) is 0 Å². The highest BCUT2D eigenvalue weighted by atomic mass is 16.4. The molecule has 1 amide bonds. The number of nitrogens with zero attached hydrogens (tertiary/aromatic N) is 2. The molecule has 1 unspecified atom stereocenters. The Balaban J connectivity index is 1.92. The molecule has 5 heteroatoms. The molecule has 0 spiro atoms. The molecular formula is C15H26N2O3. The normalized spacial score (nSPS) is 24.6. The van der Waals surface area contributed by atoms with Crippen molar-refractivity contribution in [3.05, 3.63) is 0 Å². The van der Waals surface area contributed by atoms with Gasteiger partial charge in [-0.25, -0.2) is 0 Å². The molecule has 1 atom stereocenters. The second-order valence-corrected chi connectivity index (χ2v) is 6.18. The van der Waals surface area contributed by atoms with Crippen LogP contribution in [-0.4, -0.2) is 59.0 Å². The number of likely N-dealkylation sites (tertiary alicyclic amines) is 2. The minimum Gasteiger partial charge on any atom is -0.481 e. The van der Waals surface area contributed by atoms with Gasteiger partial charge >= 0.3 is 5.97 Å². The number of carbonyl (C=O) groups is 2. The third-order valence-electron chi connectivity index (χ3n) is 5.21. The second-order valence-electron chi connectivity index (χ2n) is 6.18. The first-order chi connectivity index (χ1) is 9.50. The number of hydrogen-bond acceptors (Lipinski definition) is 3. The van der Waals surface area contributed by atoms with E-state index in [1.807, 2.05) is 18.7 Å². The molecule has 0 radical (unpaired) electrons. The molecule has 2 rings (SSSR count). The summed E-state index contributed by atoms with van der Waals surface area (Å²) in [6.45, 7) is 7.08. The van der Waals surface area contributed by atoms with Gasteiger partial charge in [0.1, 0.15) is 0 Å². The van der Waals surface area contributed by atoms with Gasteiger partial charge in [0.05, 0.1) is 11.5 Å². The molecule has 0 bridgehead atoms. The lowest BCUT2D eigenvalue weighted by molar-refractivity contribution is -0.153. The van der Waals surface area contributed by atoms with E-state index < -0.39 is 11.4 Å². The van der Waals surface area contributed by atoms with Gasteiger partial charge in [0, 0.05) is 26.2 Å². The average Bonchev–Trinajstić information content (AvgIpc) is 2.99. The minimum absolute atomic E-state index is 0.114. The summed E-state index contributed by atoms with van der Waals surface area (Å²) in [5.41, 5.74) is -0.576. The number of aliphatic carboxylic acids is 1. The van der Waals surface area contributed by atoms with Crippen LogP contribution in [0, 0.1) is 5.41 Å². The highest BCUT2D eigenvalue weighted by Crippen LogP contribution is 2.35. The predicted octanol–water partition coefficient (Wildman–Crippen LogP) is 1.57. The van der Waals surface area contributed by atoms with Gasteiger partial charge in [0.15, 0.2) is 0 Å². The lowest BCUT2D eigenvalue weighted by Gasteiger charge is -2.41. The van der Waals surface area contributed by atoms with Crippen LogP contribution in [0.3, 0.4) is 0 Å². The van der Waals surface area contributed by atoms with E-state index in [9.17, 15) is 14.7 Å². The molecule has 1 N–H and O–H groups in total. The van der Waals surface area contributed by atoms with Gasteiger partial charge in [-0.3, -0.25) is 14.5 Å². The summed E-state index contributed by atoms with van der Waals surface area (Å²) >= 11 is 0. The standard InChI is InChI=1S/C15H26N2O3/c1-3-15(14(19)20)6-10-16(11-7-15)12(2)13(18)17-8-4-5-9-17/h12H,3-11H2,1-2H3,(H,19,20). The third kappa shape index (κ3) is 2.82. The lowest BCUT2D eigenvalue weighted by Crippen LogP contribution is -2.52. The highest BCUT2D eigenvalue weighted by Gasteiger charge is 2.41. The number of carboxylic acids is 1. The molecule has 0 saturated carbocycles. The molecule has 0 aromatic carbocycles. The van der Waals surface area contributed by atoms with Crippen LogP contribution < -0.4 is 0 Å². The Hall–Kier alpha value is -1.10. The highest BCUT2D eigenvalue weighted by molar-refractivity contribution is 5.81. The fourth-order valence-electron chi connectivity index (χ4n) is 3.42. The Morgan fingerprint density at radius 1 is 1.15 bits per heavy atom. The van der Waals surface area contributed by atoms with Crippen LogP contribution in [-0.2, 0) is 9.59 Å². The Labute approximate surface area is 120 Å². The van der Waals surface area contributed by atoms with Gasteiger partial charge in [-0.15, -0.1) is 0 Å². The average molecular weight is 282 g/mol. The summed E-state index contributed by atoms with van der Waals surface area (Å²) in [7, 11) is 0. The van der Waals surface area contributed by atoms with Crippen LogP contribution in [0.1, 0.15) is 46.0 Å². The van der Waals surface area contributed by atoms with Crippen molar-refractivity contribution < 1.29 is 14.7 Å². The monoisotopic (exact) mass is 282 g/mol. The summed E-state index contributed by atoms with van der Waals surface area (Å²) in [5, 5.41) is 9.40. The number of amides is 1. The Kier molecular flexibility index (Phi) is 4.68. The van der Waals surface area contributed by atoms with Crippen molar-refractivity contribution in [3.63, 3.8) is 0 Å². The van der Waals surface area contributed by atoms with E-state index in [1.54, 1.807) is 0 Å². The maximum Gasteiger partial charge on any atom is 0.309 e. The molecule has 0 aromatic rings. The molecule has 2 heterocycles. The topological polar surface area (TPSA) is 60.9 Å². The Morgan fingerprint density at radius 3 is 2.15 bits per heavy atom. The first-order valence-electron chi connectivity index (χ1n) is 7.76. The molecule has 0 aliphatic carbocycles. The maximum atomic E-state index is 12.4. The van der Waals surface area contributed by atoms with E-state index >= 15 is 0 Å². The van der Waals surface area contributed by atoms with E-state index in [4.69, 9.17) is 0 Å². The van der Waals surface area contributed by atoms with E-state index in [-0.39, 0.29) is 11.9 Å². The quantitative estimate of drug-likeness (QED) is 0.850. The number of piperidine rings is 1. The van der Waals surface area contributed by atoms with Crippen LogP contribution in [0.5, 0.6) is 0 Å². The zero-order valence-corrected chi connectivity index (χ0v) is 12.6. The van der Waals surface area contributed by atoms with Crippen LogP contribution in [0.15, 0.2) is 0 Å². The number of rotatable bonds is 4. The zero-order valence-electron chi connectivity index (χ0n) is 12.6. The van der Waals surface area contributed by atoms with Crippen molar-refractivity contribution >= 4 is 11.9 Å². The summed E-state index contributed by atoms with van der Waals surface area (Å²) in [6, 6.07) is -0.114. The van der Waals surface area contributed by atoms with Crippen LogP contribution in [0.2, 0.25) is 0 Å². The van der Waals surface area contributed by atoms with Gasteiger partial charge in [0.25, 0.3) is 0 Å². The van der Waals surface area contributed by atoms with Crippen molar-refractivity contribution in [2.24, 2.45) is 5.41 Å². The first kappa shape index (κ1) is 15.3.